The van der Waals surface area contributed by atoms with E-state index in [1.54, 1.807) is 17.1 Å². The summed E-state index contributed by atoms with van der Waals surface area (Å²) < 4.78 is 95.3. The Balaban J connectivity index is 1.89. The van der Waals surface area contributed by atoms with Gasteiger partial charge < -0.3 is 10.0 Å². The predicted octanol–water partition coefficient (Wildman–Crippen LogP) is 2.47. The number of anilines is 1. The number of nitrogens with zero attached hydrogens (tertiary/aromatic N) is 2. The summed E-state index contributed by atoms with van der Waals surface area (Å²) in [5, 5.41) is 9.90. The molecule has 1 aromatic carbocycles. The van der Waals surface area contributed by atoms with Crippen LogP contribution in [0.5, 0.6) is 0 Å². The van der Waals surface area contributed by atoms with Crippen LogP contribution in [0.25, 0.3) is 0 Å². The zero-order valence-corrected chi connectivity index (χ0v) is 21.3. The van der Waals surface area contributed by atoms with Gasteiger partial charge in [0.2, 0.25) is 10.0 Å². The van der Waals surface area contributed by atoms with E-state index in [2.05, 4.69) is 0 Å². The van der Waals surface area contributed by atoms with Gasteiger partial charge in [0.05, 0.1) is 23.8 Å². The lowest BCUT2D eigenvalue weighted by molar-refractivity contribution is -0.258. The Labute approximate surface area is 207 Å². The Morgan fingerprint density at radius 2 is 1.77 bits per heavy atom. The van der Waals surface area contributed by atoms with Gasteiger partial charge in [0.15, 0.2) is 5.60 Å². The van der Waals surface area contributed by atoms with Gasteiger partial charge in [-0.2, -0.15) is 25.9 Å². The molecule has 0 radical (unpaired) electrons. The molecule has 35 heavy (non-hydrogen) atoms. The van der Waals surface area contributed by atoms with Gasteiger partial charge in [-0.05, 0) is 30.7 Å². The van der Waals surface area contributed by atoms with Crippen LogP contribution in [0.15, 0.2) is 47.4 Å². The molecule has 0 amide bonds. The van der Waals surface area contributed by atoms with E-state index in [-0.39, 0.29) is 41.6 Å². The van der Waals surface area contributed by atoms with Gasteiger partial charge >= 0.3 is 6.18 Å². The molecular formula is C21H25F3N2O6S3. The van der Waals surface area contributed by atoms with Crippen molar-refractivity contribution in [3.63, 3.8) is 0 Å². The van der Waals surface area contributed by atoms with Gasteiger partial charge in [-0.1, -0.05) is 36.5 Å². The van der Waals surface area contributed by atoms with Gasteiger partial charge in [0.1, 0.15) is 0 Å². The molecule has 1 aromatic rings. The maximum Gasteiger partial charge on any atom is 0.421 e. The predicted molar refractivity (Wildman–Crippen MR) is 129 cm³/mol. The molecular weight excluding hydrogens is 529 g/mol. The van der Waals surface area contributed by atoms with Crippen molar-refractivity contribution in [3.05, 3.63) is 53.0 Å². The minimum Gasteiger partial charge on any atom is -0.376 e. The molecule has 1 fully saturated rings. The number of allylic oxidation sites excluding steroid dienone is 4. The van der Waals surface area contributed by atoms with Crippen LogP contribution in [0.4, 0.5) is 18.9 Å². The van der Waals surface area contributed by atoms with Crippen LogP contribution in [-0.4, -0.2) is 75.8 Å². The van der Waals surface area contributed by atoms with Crippen molar-refractivity contribution in [2.24, 2.45) is 0 Å². The van der Waals surface area contributed by atoms with Crippen molar-refractivity contribution in [2.75, 3.05) is 37.4 Å². The quantitative estimate of drug-likeness (QED) is 0.405. The molecule has 1 N–H and O–H groups in total. The summed E-state index contributed by atoms with van der Waals surface area (Å²) in [6.45, 7) is 0.277. The lowest BCUT2D eigenvalue weighted by atomic mass is 9.95. The van der Waals surface area contributed by atoms with E-state index in [1.807, 2.05) is 0 Å². The molecule has 0 spiro atoms. The molecule has 14 heteroatoms. The second-order valence-corrected chi connectivity index (χ2v) is 12.4. The summed E-state index contributed by atoms with van der Waals surface area (Å²) in [4.78, 5) is 1.94. The molecule has 0 aromatic heterocycles. The van der Waals surface area contributed by atoms with Crippen molar-refractivity contribution >= 4 is 42.9 Å². The summed E-state index contributed by atoms with van der Waals surface area (Å²) in [6, 6.07) is 4.19. The molecule has 2 atom stereocenters. The van der Waals surface area contributed by atoms with Crippen LogP contribution < -0.4 is 4.90 Å². The van der Waals surface area contributed by atoms with Crippen LogP contribution in [-0.2, 0) is 29.9 Å². The Morgan fingerprint density at radius 3 is 2.31 bits per heavy atom. The molecule has 1 aliphatic carbocycles. The summed E-state index contributed by atoms with van der Waals surface area (Å²) in [5.74, 6) is 0. The van der Waals surface area contributed by atoms with Gasteiger partial charge in [0, 0.05) is 36.6 Å². The standard InChI is InChI=1S/C21H25F3N2O6S3/c1-20(27,21(22,23)24)15-7-9-16(10-8-15)26-12-11-25(13-17(26)14-32-34(2,28)29)35(30,31)19-6-4-3-5-18(19)33/h3-4,6-10,17,27H,5,11-14H2,1-2H3. The second-order valence-electron chi connectivity index (χ2n) is 8.40. The molecule has 2 unspecified atom stereocenters. The van der Waals surface area contributed by atoms with E-state index in [0.717, 1.165) is 18.4 Å². The van der Waals surface area contributed by atoms with Crippen LogP contribution in [0.3, 0.4) is 0 Å². The molecule has 0 saturated carbocycles. The number of thiocarbonyl (C=S) groups is 1. The number of rotatable bonds is 7. The lowest BCUT2D eigenvalue weighted by Gasteiger charge is -2.42. The summed E-state index contributed by atoms with van der Waals surface area (Å²) in [6.07, 6.45) is 1.04. The van der Waals surface area contributed by atoms with Gasteiger partial charge in [-0.3, -0.25) is 4.18 Å². The van der Waals surface area contributed by atoms with E-state index >= 15 is 0 Å². The maximum atomic E-state index is 13.2. The second kappa shape index (κ2) is 9.90. The molecule has 3 rings (SSSR count). The van der Waals surface area contributed by atoms with Crippen molar-refractivity contribution in [1.29, 1.82) is 0 Å². The first kappa shape index (κ1) is 27.7. The first-order valence-electron chi connectivity index (χ1n) is 10.4. The first-order chi connectivity index (χ1) is 16.0. The van der Waals surface area contributed by atoms with Crippen LogP contribution >= 0.6 is 12.2 Å². The van der Waals surface area contributed by atoms with Crippen LogP contribution in [0, 0.1) is 0 Å². The highest BCUT2D eigenvalue weighted by Gasteiger charge is 2.51. The number of aliphatic hydroxyl groups is 1. The molecule has 1 heterocycles. The van der Waals surface area contributed by atoms with Gasteiger partial charge in [-0.15, -0.1) is 0 Å². The Morgan fingerprint density at radius 1 is 1.14 bits per heavy atom. The van der Waals surface area contributed by atoms with E-state index in [0.29, 0.717) is 19.0 Å². The number of piperazine rings is 1. The molecule has 0 bridgehead atoms. The molecule has 2 aliphatic rings. The molecule has 1 saturated heterocycles. The molecule has 194 valence electrons. The molecule has 8 nitrogen and oxygen atoms in total. The monoisotopic (exact) mass is 554 g/mol. The van der Waals surface area contributed by atoms with E-state index < -0.39 is 38.0 Å². The number of hydrogen-bond donors (Lipinski definition) is 1. The Hall–Kier alpha value is -1.84. The van der Waals surface area contributed by atoms with Gasteiger partial charge in [0.25, 0.3) is 10.1 Å². The van der Waals surface area contributed by atoms with Crippen LogP contribution in [0.1, 0.15) is 18.9 Å². The fourth-order valence-electron chi connectivity index (χ4n) is 3.76. The number of hydrogen-bond acceptors (Lipinski definition) is 8. The SMILES string of the molecule is CC(O)(c1ccc(N2CCN(S(=O)(=O)C3=CC=CCC3=S)CC2COS(C)(=O)=O)cc1)C(F)(F)F. The number of alkyl halides is 3. The summed E-state index contributed by atoms with van der Waals surface area (Å²) >= 11 is 5.20. The third-order valence-corrected chi connectivity index (χ3v) is 8.84. The fourth-order valence-corrected chi connectivity index (χ4v) is 6.24. The van der Waals surface area contributed by atoms with Crippen molar-refractivity contribution in [2.45, 2.75) is 31.2 Å². The van der Waals surface area contributed by atoms with Crippen molar-refractivity contribution in [1.82, 2.24) is 4.31 Å². The van der Waals surface area contributed by atoms with E-state index in [1.165, 1.54) is 22.5 Å². The topological polar surface area (TPSA) is 104 Å². The zero-order chi connectivity index (χ0) is 26.2. The van der Waals surface area contributed by atoms with Crippen LogP contribution in [0.2, 0.25) is 0 Å². The molecule has 1 aliphatic heterocycles. The first-order valence-corrected chi connectivity index (χ1v) is 14.1. The average Bonchev–Trinajstić information content (AvgIpc) is 2.76. The third-order valence-electron chi connectivity index (χ3n) is 5.81. The smallest absolute Gasteiger partial charge is 0.376 e. The van der Waals surface area contributed by atoms with Crippen molar-refractivity contribution in [3.8, 4) is 0 Å². The Kier molecular flexibility index (Phi) is 7.85. The normalized spacial score (nSPS) is 22.1. The fraction of sp³-hybridized carbons (Fsp3) is 0.476. The highest BCUT2D eigenvalue weighted by atomic mass is 32.2. The number of benzene rings is 1. The van der Waals surface area contributed by atoms with Gasteiger partial charge in [-0.25, -0.2) is 8.42 Å². The van der Waals surface area contributed by atoms with Crippen molar-refractivity contribution < 1.29 is 39.3 Å². The summed E-state index contributed by atoms with van der Waals surface area (Å²) in [7, 11) is -7.80. The number of halogens is 3. The zero-order valence-electron chi connectivity index (χ0n) is 18.9. The lowest BCUT2D eigenvalue weighted by Crippen LogP contribution is -2.57. The number of sulfonamides is 1. The van der Waals surface area contributed by atoms with E-state index in [9.17, 15) is 35.1 Å². The minimum atomic E-state index is -4.88. The highest BCUT2D eigenvalue weighted by molar-refractivity contribution is 7.96. The highest BCUT2D eigenvalue weighted by Crippen LogP contribution is 2.39. The maximum absolute atomic E-state index is 13.2. The minimum absolute atomic E-state index is 0.00460. The average molecular weight is 555 g/mol. The largest absolute Gasteiger partial charge is 0.421 e. The third kappa shape index (κ3) is 6.12. The summed E-state index contributed by atoms with van der Waals surface area (Å²) in [5.41, 5.74) is -3.01. The van der Waals surface area contributed by atoms with E-state index in [4.69, 9.17) is 16.4 Å². The Bertz CT molecular complexity index is 1240.